The van der Waals surface area contributed by atoms with Gasteiger partial charge >= 0.3 is 0 Å². The molecule has 78 valence electrons. The van der Waals surface area contributed by atoms with E-state index in [1.165, 1.54) is 19.1 Å². The zero-order valence-corrected chi connectivity index (χ0v) is 9.20. The van der Waals surface area contributed by atoms with E-state index in [-0.39, 0.29) is 11.5 Å². The average Bonchev–Trinajstić information content (AvgIpc) is 2.10. The fourth-order valence-corrected chi connectivity index (χ4v) is 1.40. The van der Waals surface area contributed by atoms with Gasteiger partial charge in [0.1, 0.15) is 11.6 Å². The minimum absolute atomic E-state index is 0.0771. The maximum absolute atomic E-state index is 13.4. The molecular weight excluding hydrogens is 206 g/mol. The Labute approximate surface area is 87.9 Å². The van der Waals surface area contributed by atoms with Crippen LogP contribution in [-0.4, -0.2) is 0 Å². The molecule has 0 aliphatic carbocycles. The van der Waals surface area contributed by atoms with Crippen LogP contribution in [0.25, 0.3) is 0 Å². The lowest BCUT2D eigenvalue weighted by molar-refractivity contribution is 0.545. The summed E-state index contributed by atoms with van der Waals surface area (Å²) >= 11 is 5.96. The molecule has 1 atom stereocenters. The Balaban J connectivity index is 3.15. The molecule has 0 aromatic heterocycles. The molecule has 0 saturated heterocycles. The summed E-state index contributed by atoms with van der Waals surface area (Å²) in [5, 5.41) is -0.481. The van der Waals surface area contributed by atoms with Gasteiger partial charge in [0.25, 0.3) is 0 Å². The summed E-state index contributed by atoms with van der Waals surface area (Å²) in [7, 11) is 0. The second-order valence-corrected chi connectivity index (χ2v) is 4.24. The van der Waals surface area contributed by atoms with Crippen LogP contribution in [0.1, 0.15) is 30.4 Å². The van der Waals surface area contributed by atoms with E-state index in [1.54, 1.807) is 0 Å². The molecule has 14 heavy (non-hydrogen) atoms. The van der Waals surface area contributed by atoms with E-state index in [4.69, 9.17) is 11.6 Å². The Morgan fingerprint density at radius 2 is 1.71 bits per heavy atom. The fraction of sp³-hybridized carbons (Fsp3) is 0.455. The minimum atomic E-state index is -0.481. The van der Waals surface area contributed by atoms with Gasteiger partial charge in [0.2, 0.25) is 0 Å². The van der Waals surface area contributed by atoms with Crippen LogP contribution < -0.4 is 0 Å². The molecule has 0 N–H and O–H groups in total. The van der Waals surface area contributed by atoms with Crippen molar-refractivity contribution in [2.24, 2.45) is 5.92 Å². The Kier molecular flexibility index (Phi) is 3.48. The number of benzene rings is 1. The lowest BCUT2D eigenvalue weighted by Crippen LogP contribution is -2.03. The lowest BCUT2D eigenvalue weighted by atomic mass is 10.0. The second-order valence-electron chi connectivity index (χ2n) is 3.77. The zero-order chi connectivity index (χ0) is 10.9. The maximum Gasteiger partial charge on any atom is 0.128 e. The molecule has 0 spiro atoms. The molecule has 0 aliphatic rings. The van der Waals surface area contributed by atoms with Gasteiger partial charge in [-0.05, 0) is 30.5 Å². The van der Waals surface area contributed by atoms with Gasteiger partial charge in [0, 0.05) is 5.56 Å². The number of hydrogen-bond donors (Lipinski definition) is 0. The lowest BCUT2D eigenvalue weighted by Gasteiger charge is -2.15. The number of hydrogen-bond acceptors (Lipinski definition) is 0. The first kappa shape index (κ1) is 11.4. The molecule has 1 rings (SSSR count). The van der Waals surface area contributed by atoms with E-state index in [2.05, 4.69) is 0 Å². The van der Waals surface area contributed by atoms with Crippen molar-refractivity contribution < 1.29 is 8.78 Å². The summed E-state index contributed by atoms with van der Waals surface area (Å²) in [5.74, 6) is -0.765. The van der Waals surface area contributed by atoms with E-state index >= 15 is 0 Å². The third-order valence-electron chi connectivity index (χ3n) is 2.16. The summed E-state index contributed by atoms with van der Waals surface area (Å²) in [6.07, 6.45) is 0. The van der Waals surface area contributed by atoms with Crippen LogP contribution in [0.3, 0.4) is 0 Å². The molecule has 0 radical (unpaired) electrons. The fourth-order valence-electron chi connectivity index (χ4n) is 1.23. The summed E-state index contributed by atoms with van der Waals surface area (Å²) in [4.78, 5) is 0. The molecule has 1 unspecified atom stereocenters. The molecule has 3 heteroatoms. The predicted molar refractivity (Wildman–Crippen MR) is 54.5 cm³/mol. The van der Waals surface area contributed by atoms with Crippen molar-refractivity contribution in [3.05, 3.63) is 34.9 Å². The highest BCUT2D eigenvalue weighted by molar-refractivity contribution is 6.21. The largest absolute Gasteiger partial charge is 0.207 e. The number of alkyl halides is 1. The molecule has 1 aromatic rings. The van der Waals surface area contributed by atoms with Gasteiger partial charge < -0.3 is 0 Å². The Hall–Kier alpha value is -0.630. The van der Waals surface area contributed by atoms with E-state index in [9.17, 15) is 8.78 Å². The van der Waals surface area contributed by atoms with Crippen LogP contribution in [0.15, 0.2) is 12.1 Å². The molecule has 1 aromatic carbocycles. The molecular formula is C11H13ClF2. The van der Waals surface area contributed by atoms with Crippen molar-refractivity contribution >= 4 is 11.6 Å². The summed E-state index contributed by atoms with van der Waals surface area (Å²) < 4.78 is 26.5. The van der Waals surface area contributed by atoms with E-state index < -0.39 is 17.0 Å². The normalized spacial score (nSPS) is 13.4. The van der Waals surface area contributed by atoms with Crippen molar-refractivity contribution in [2.45, 2.75) is 26.1 Å². The van der Waals surface area contributed by atoms with Crippen LogP contribution in [0.5, 0.6) is 0 Å². The van der Waals surface area contributed by atoms with Crippen molar-refractivity contribution in [1.29, 1.82) is 0 Å². The quantitative estimate of drug-likeness (QED) is 0.653. The van der Waals surface area contributed by atoms with E-state index in [1.807, 2.05) is 13.8 Å². The van der Waals surface area contributed by atoms with Crippen LogP contribution in [0, 0.1) is 24.5 Å². The minimum Gasteiger partial charge on any atom is -0.207 e. The first-order valence-electron chi connectivity index (χ1n) is 4.53. The van der Waals surface area contributed by atoms with E-state index in [0.717, 1.165) is 0 Å². The van der Waals surface area contributed by atoms with E-state index in [0.29, 0.717) is 5.56 Å². The monoisotopic (exact) mass is 218 g/mol. The Morgan fingerprint density at radius 1 is 1.14 bits per heavy atom. The van der Waals surface area contributed by atoms with Gasteiger partial charge in [-0.1, -0.05) is 13.8 Å². The standard InChI is InChI=1S/C11H13ClF2/c1-6(2)11(12)8-5-9(13)7(3)4-10(8)14/h4-6,11H,1-3H3. The van der Waals surface area contributed by atoms with Gasteiger partial charge in [-0.3, -0.25) is 0 Å². The van der Waals surface area contributed by atoms with Gasteiger partial charge in [0.05, 0.1) is 5.38 Å². The summed E-state index contributed by atoms with van der Waals surface area (Å²) in [5.41, 5.74) is 0.545. The van der Waals surface area contributed by atoms with Crippen molar-refractivity contribution in [3.8, 4) is 0 Å². The topological polar surface area (TPSA) is 0 Å². The molecule has 0 fully saturated rings. The smallest absolute Gasteiger partial charge is 0.128 e. The molecule has 0 heterocycles. The Bertz CT molecular complexity index is 334. The first-order chi connectivity index (χ1) is 6.43. The molecule has 0 aliphatic heterocycles. The predicted octanol–water partition coefficient (Wildman–Crippen LogP) is 4.21. The van der Waals surface area contributed by atoms with Crippen LogP contribution in [0.4, 0.5) is 8.78 Å². The Morgan fingerprint density at radius 3 is 2.21 bits per heavy atom. The molecule has 0 bridgehead atoms. The number of rotatable bonds is 2. The van der Waals surface area contributed by atoms with Gasteiger partial charge in [-0.15, -0.1) is 11.6 Å². The van der Waals surface area contributed by atoms with Gasteiger partial charge in [-0.25, -0.2) is 8.78 Å². The second kappa shape index (κ2) is 4.26. The first-order valence-corrected chi connectivity index (χ1v) is 4.96. The molecule has 0 nitrogen and oxygen atoms in total. The summed E-state index contributed by atoms with van der Waals surface area (Å²) in [6, 6.07) is 2.37. The number of aryl methyl sites for hydroxylation is 1. The number of halogens is 3. The van der Waals surface area contributed by atoms with Crippen molar-refractivity contribution in [2.75, 3.05) is 0 Å². The SMILES string of the molecule is Cc1cc(F)c(C(Cl)C(C)C)cc1F. The molecule has 0 saturated carbocycles. The highest BCUT2D eigenvalue weighted by Gasteiger charge is 2.18. The zero-order valence-electron chi connectivity index (χ0n) is 8.44. The average molecular weight is 219 g/mol. The van der Waals surface area contributed by atoms with Crippen LogP contribution in [0.2, 0.25) is 0 Å². The third kappa shape index (κ3) is 2.24. The highest BCUT2D eigenvalue weighted by Crippen LogP contribution is 2.31. The maximum atomic E-state index is 13.4. The van der Waals surface area contributed by atoms with Crippen molar-refractivity contribution in [3.63, 3.8) is 0 Å². The highest BCUT2D eigenvalue weighted by atomic mass is 35.5. The van der Waals surface area contributed by atoms with Crippen LogP contribution in [-0.2, 0) is 0 Å². The van der Waals surface area contributed by atoms with Gasteiger partial charge in [0.15, 0.2) is 0 Å². The van der Waals surface area contributed by atoms with Crippen LogP contribution >= 0.6 is 11.6 Å². The summed E-state index contributed by atoms with van der Waals surface area (Å²) in [6.45, 7) is 5.27. The van der Waals surface area contributed by atoms with Gasteiger partial charge in [-0.2, -0.15) is 0 Å². The molecule has 0 amide bonds. The van der Waals surface area contributed by atoms with Crippen molar-refractivity contribution in [1.82, 2.24) is 0 Å². The third-order valence-corrected chi connectivity index (χ3v) is 2.90.